The number of halogens is 1. The maximum atomic E-state index is 14.6. The molecule has 2 heterocycles. The number of piperazine rings is 1. The Kier molecular flexibility index (Phi) is 5.09. The van der Waals surface area contributed by atoms with Gasteiger partial charge >= 0.3 is 0 Å². The number of anilines is 2. The number of hydrogen-bond acceptors (Lipinski definition) is 3. The average Bonchev–Trinajstić information content (AvgIpc) is 2.66. The molecule has 1 atom stereocenters. The van der Waals surface area contributed by atoms with E-state index < -0.39 is 0 Å². The van der Waals surface area contributed by atoms with Gasteiger partial charge in [-0.2, -0.15) is 0 Å². The average molecular weight is 382 g/mol. The molecule has 28 heavy (non-hydrogen) atoms. The van der Waals surface area contributed by atoms with E-state index in [1.807, 2.05) is 0 Å². The lowest BCUT2D eigenvalue weighted by Crippen LogP contribution is -2.49. The normalized spacial score (nSPS) is 22.1. The molecule has 2 aliphatic heterocycles. The largest absolute Gasteiger partial charge is 0.377 e. The monoisotopic (exact) mass is 381 g/mol. The summed E-state index contributed by atoms with van der Waals surface area (Å²) in [5.74, 6) is -0.143. The summed E-state index contributed by atoms with van der Waals surface area (Å²) in [6, 6.07) is 14.7. The van der Waals surface area contributed by atoms with Crippen molar-refractivity contribution in [3.8, 4) is 0 Å². The van der Waals surface area contributed by atoms with Crippen molar-refractivity contribution in [2.24, 2.45) is 5.41 Å². The molecule has 150 valence electrons. The SMILES string of the molecule is CC(C)N1CCN(c2cc(F)cc(C3Nc4ccccc4CC3(C)C)c2)CC1. The first kappa shape index (κ1) is 19.3. The number of hydrogen-bond donors (Lipinski definition) is 1. The van der Waals surface area contributed by atoms with E-state index in [0.717, 1.165) is 43.9 Å². The molecule has 0 radical (unpaired) electrons. The van der Waals surface area contributed by atoms with E-state index >= 15 is 0 Å². The predicted octanol–water partition coefficient (Wildman–Crippen LogP) is 5.09. The smallest absolute Gasteiger partial charge is 0.125 e. The number of nitrogens with one attached hydrogen (secondary N) is 1. The Morgan fingerprint density at radius 2 is 1.75 bits per heavy atom. The quantitative estimate of drug-likeness (QED) is 0.799. The molecular formula is C24H32FN3. The highest BCUT2D eigenvalue weighted by Gasteiger charge is 2.36. The van der Waals surface area contributed by atoms with Crippen LogP contribution in [0, 0.1) is 11.2 Å². The molecule has 0 bridgehead atoms. The van der Waals surface area contributed by atoms with Crippen LogP contribution in [0.5, 0.6) is 0 Å². The van der Waals surface area contributed by atoms with Gasteiger partial charge in [0, 0.05) is 43.6 Å². The van der Waals surface area contributed by atoms with Crippen LogP contribution in [0.15, 0.2) is 42.5 Å². The van der Waals surface area contributed by atoms with Gasteiger partial charge in [-0.1, -0.05) is 32.0 Å². The molecule has 2 aromatic rings. The summed E-state index contributed by atoms with van der Waals surface area (Å²) in [4.78, 5) is 4.81. The minimum Gasteiger partial charge on any atom is -0.377 e. The zero-order valence-electron chi connectivity index (χ0n) is 17.5. The Bertz CT molecular complexity index is 837. The third-order valence-corrected chi connectivity index (χ3v) is 6.39. The molecule has 0 aromatic heterocycles. The van der Waals surface area contributed by atoms with Crippen molar-refractivity contribution in [2.75, 3.05) is 36.4 Å². The number of para-hydroxylation sites is 1. The topological polar surface area (TPSA) is 18.5 Å². The van der Waals surface area contributed by atoms with E-state index in [2.05, 4.69) is 73.1 Å². The van der Waals surface area contributed by atoms with Crippen LogP contribution >= 0.6 is 0 Å². The third kappa shape index (κ3) is 3.75. The van der Waals surface area contributed by atoms with Crippen LogP contribution in [-0.2, 0) is 6.42 Å². The second-order valence-corrected chi connectivity index (χ2v) is 9.26. The van der Waals surface area contributed by atoms with E-state index in [9.17, 15) is 4.39 Å². The predicted molar refractivity (Wildman–Crippen MR) is 116 cm³/mol. The maximum Gasteiger partial charge on any atom is 0.125 e. The molecule has 1 N–H and O–H groups in total. The summed E-state index contributed by atoms with van der Waals surface area (Å²) >= 11 is 0. The number of nitrogens with zero attached hydrogens (tertiary/aromatic N) is 2. The summed E-state index contributed by atoms with van der Waals surface area (Å²) in [6.45, 7) is 13.0. The van der Waals surface area contributed by atoms with Gasteiger partial charge in [-0.3, -0.25) is 4.90 Å². The summed E-state index contributed by atoms with van der Waals surface area (Å²) in [7, 11) is 0. The first-order chi connectivity index (χ1) is 13.3. The molecule has 3 nitrogen and oxygen atoms in total. The Balaban J connectivity index is 1.61. The lowest BCUT2D eigenvalue weighted by atomic mass is 9.73. The Hall–Kier alpha value is -2.07. The molecule has 1 saturated heterocycles. The van der Waals surface area contributed by atoms with Crippen LogP contribution in [0.1, 0.15) is 44.9 Å². The fourth-order valence-electron chi connectivity index (χ4n) is 4.74. The van der Waals surface area contributed by atoms with Crippen molar-refractivity contribution in [1.82, 2.24) is 4.90 Å². The van der Waals surface area contributed by atoms with Crippen molar-refractivity contribution < 1.29 is 4.39 Å². The van der Waals surface area contributed by atoms with Gasteiger partial charge < -0.3 is 10.2 Å². The number of rotatable bonds is 3. The second-order valence-electron chi connectivity index (χ2n) is 9.26. The van der Waals surface area contributed by atoms with Gasteiger partial charge in [0.25, 0.3) is 0 Å². The number of benzene rings is 2. The molecule has 4 rings (SSSR count). The molecule has 0 aliphatic carbocycles. The van der Waals surface area contributed by atoms with Gasteiger partial charge in [-0.05, 0) is 61.1 Å². The zero-order valence-corrected chi connectivity index (χ0v) is 17.5. The van der Waals surface area contributed by atoms with Crippen LogP contribution in [0.4, 0.5) is 15.8 Å². The summed E-state index contributed by atoms with van der Waals surface area (Å²) in [5, 5.41) is 3.69. The highest BCUT2D eigenvalue weighted by molar-refractivity contribution is 5.58. The summed E-state index contributed by atoms with van der Waals surface area (Å²) < 4.78 is 14.6. The molecule has 2 aliphatic rings. The minimum absolute atomic E-state index is 0.00968. The van der Waals surface area contributed by atoms with Crippen LogP contribution in [0.2, 0.25) is 0 Å². The molecule has 1 unspecified atom stereocenters. The van der Waals surface area contributed by atoms with Gasteiger partial charge in [0.1, 0.15) is 5.82 Å². The van der Waals surface area contributed by atoms with Gasteiger partial charge in [-0.15, -0.1) is 0 Å². The standard InChI is InChI=1S/C24H32FN3/c1-17(2)27-9-11-28(12-10-27)21-14-19(13-20(25)15-21)23-24(3,4)16-18-7-5-6-8-22(18)26-23/h5-8,13-15,17,23,26H,9-12,16H2,1-4H3. The van der Waals surface area contributed by atoms with E-state index in [1.54, 1.807) is 12.1 Å². The zero-order chi connectivity index (χ0) is 19.9. The van der Waals surface area contributed by atoms with Crippen molar-refractivity contribution in [3.05, 3.63) is 59.4 Å². The Labute approximate surface area is 168 Å². The van der Waals surface area contributed by atoms with Gasteiger partial charge in [0.15, 0.2) is 0 Å². The van der Waals surface area contributed by atoms with Gasteiger partial charge in [0.05, 0.1) is 6.04 Å². The van der Waals surface area contributed by atoms with Crippen molar-refractivity contribution >= 4 is 11.4 Å². The molecule has 4 heteroatoms. The van der Waals surface area contributed by atoms with Gasteiger partial charge in [0.2, 0.25) is 0 Å². The fourth-order valence-corrected chi connectivity index (χ4v) is 4.74. The molecule has 0 saturated carbocycles. The molecular weight excluding hydrogens is 349 g/mol. The van der Waals surface area contributed by atoms with Crippen molar-refractivity contribution in [3.63, 3.8) is 0 Å². The van der Waals surface area contributed by atoms with Crippen LogP contribution < -0.4 is 10.2 Å². The Morgan fingerprint density at radius 3 is 2.46 bits per heavy atom. The van der Waals surface area contributed by atoms with Gasteiger partial charge in [-0.25, -0.2) is 4.39 Å². The summed E-state index contributed by atoms with van der Waals surface area (Å²) in [5.41, 5.74) is 4.57. The minimum atomic E-state index is -0.143. The van der Waals surface area contributed by atoms with E-state index in [0.29, 0.717) is 6.04 Å². The van der Waals surface area contributed by atoms with E-state index in [4.69, 9.17) is 0 Å². The summed E-state index contributed by atoms with van der Waals surface area (Å²) in [6.07, 6.45) is 0.986. The highest BCUT2D eigenvalue weighted by Crippen LogP contribution is 2.45. The van der Waals surface area contributed by atoms with Crippen molar-refractivity contribution in [2.45, 2.75) is 46.2 Å². The van der Waals surface area contributed by atoms with Crippen LogP contribution in [-0.4, -0.2) is 37.1 Å². The lowest BCUT2D eigenvalue weighted by Gasteiger charge is -2.42. The Morgan fingerprint density at radius 1 is 1.04 bits per heavy atom. The third-order valence-electron chi connectivity index (χ3n) is 6.39. The fraction of sp³-hybridized carbons (Fsp3) is 0.500. The molecule has 1 fully saturated rings. The first-order valence-electron chi connectivity index (χ1n) is 10.5. The number of fused-ring (bicyclic) bond motifs is 1. The molecule has 2 aromatic carbocycles. The maximum absolute atomic E-state index is 14.6. The van der Waals surface area contributed by atoms with Crippen molar-refractivity contribution in [1.29, 1.82) is 0 Å². The highest BCUT2D eigenvalue weighted by atomic mass is 19.1. The van der Waals surface area contributed by atoms with Crippen LogP contribution in [0.25, 0.3) is 0 Å². The van der Waals surface area contributed by atoms with E-state index in [1.165, 1.54) is 11.3 Å². The van der Waals surface area contributed by atoms with E-state index in [-0.39, 0.29) is 17.3 Å². The first-order valence-corrected chi connectivity index (χ1v) is 10.5. The molecule has 0 spiro atoms. The lowest BCUT2D eigenvalue weighted by molar-refractivity contribution is 0.209. The van der Waals surface area contributed by atoms with Crippen LogP contribution in [0.3, 0.4) is 0 Å². The second kappa shape index (κ2) is 7.40. The molecule has 0 amide bonds.